The number of nitrogens with zero attached hydrogens (tertiary/aromatic N) is 2. The largest absolute Gasteiger partial charge is 0.445 e. The number of likely N-dealkylation sites (N-methyl/N-ethyl adjacent to an activating group) is 1. The molecule has 79 heavy (non-hydrogen) atoms. The van der Waals surface area contributed by atoms with E-state index >= 15 is 0 Å². The van der Waals surface area contributed by atoms with E-state index < -0.39 is 53.9 Å². The van der Waals surface area contributed by atoms with E-state index in [1.165, 1.54) is 7.05 Å². The van der Waals surface area contributed by atoms with Crippen LogP contribution in [-0.4, -0.2) is 144 Å². The van der Waals surface area contributed by atoms with Crippen LogP contribution in [0.5, 0.6) is 0 Å². The van der Waals surface area contributed by atoms with E-state index in [4.69, 9.17) is 35.2 Å². The molecule has 0 saturated carbocycles. The van der Waals surface area contributed by atoms with Gasteiger partial charge in [0.05, 0.1) is 65.1 Å². The molecule has 0 radical (unpaired) electrons. The lowest BCUT2D eigenvalue weighted by Gasteiger charge is -2.27. The summed E-state index contributed by atoms with van der Waals surface area (Å²) in [5, 5.41) is 13.6. The fourth-order valence-corrected chi connectivity index (χ4v) is 8.42. The van der Waals surface area contributed by atoms with Gasteiger partial charge in [-0.2, -0.15) is 0 Å². The second-order valence-electron chi connectivity index (χ2n) is 19.6. The molecule has 0 spiro atoms. The molecule has 3 aromatic rings. The molecule has 0 fully saturated rings. The van der Waals surface area contributed by atoms with Gasteiger partial charge in [0.25, 0.3) is 0 Å². The van der Waals surface area contributed by atoms with Gasteiger partial charge in [-0.25, -0.2) is 9.59 Å². The molecule has 1 aliphatic heterocycles. The second-order valence-corrected chi connectivity index (χ2v) is 19.6. The highest BCUT2D eigenvalue weighted by Crippen LogP contribution is 2.29. The molecule has 9 amide bonds. The highest BCUT2D eigenvalue weighted by Gasteiger charge is 2.31. The molecule has 22 heteroatoms. The first kappa shape index (κ1) is 64.1. The average molecular weight is 1100 g/mol. The Hall–Kier alpha value is -7.40. The molecule has 3 aromatic carbocycles. The van der Waals surface area contributed by atoms with Crippen molar-refractivity contribution in [2.45, 2.75) is 104 Å². The van der Waals surface area contributed by atoms with Crippen LogP contribution in [0.25, 0.3) is 12.2 Å². The van der Waals surface area contributed by atoms with Crippen molar-refractivity contribution in [3.05, 3.63) is 95.1 Å². The number of primary amides is 2. The van der Waals surface area contributed by atoms with Crippen LogP contribution < -0.4 is 43.0 Å². The van der Waals surface area contributed by atoms with Crippen molar-refractivity contribution >= 4 is 71.1 Å². The number of carbonyl (C=O) groups excluding carboxylic acids is 8. The molecule has 0 aromatic heterocycles. The van der Waals surface area contributed by atoms with Crippen molar-refractivity contribution < 1.29 is 62.0 Å². The Morgan fingerprint density at radius 1 is 0.620 bits per heavy atom. The van der Waals surface area contributed by atoms with Gasteiger partial charge in [-0.1, -0.05) is 94.4 Å². The van der Waals surface area contributed by atoms with Gasteiger partial charge in [-0.15, -0.1) is 0 Å². The number of anilines is 2. The van der Waals surface area contributed by atoms with E-state index in [0.717, 1.165) is 27.3 Å². The zero-order valence-corrected chi connectivity index (χ0v) is 46.3. The standard InChI is InChI=1S/C57H81N9O13/c1-39(2)51(55(72)63-46(16-12-27-61-56(59)73)54(71)62-45-24-20-41(21-25-45)38-79-57(74)65(5)52(40(3)4)53(58)70)64-49(68)26-29-75-31-33-77-35-36-78-34-32-76-30-28-60-48(67)18-10-11-19-50(69)66-37-44-15-7-6-13-42(44)22-23-43-14-8-9-17-47(43)66/h6-9,13-15,17,20-25,39-40,46,51-52H,10-12,16,18-19,26-38H2,1-5H3,(H2,58,70)(H,60,67)(H,62,71)(H,63,72)(H,64,68)(H3,59,61,73)/t46?,51-,52-/m0/s1. The predicted octanol–water partition coefficient (Wildman–Crippen LogP) is 4.63. The number of rotatable bonds is 35. The summed E-state index contributed by atoms with van der Waals surface area (Å²) >= 11 is 0. The van der Waals surface area contributed by atoms with Crippen LogP contribution in [-0.2, 0) is 65.6 Å². The zero-order chi connectivity index (χ0) is 57.5. The van der Waals surface area contributed by atoms with Gasteiger partial charge in [0.2, 0.25) is 35.4 Å². The zero-order valence-electron chi connectivity index (χ0n) is 46.3. The number of urea groups is 1. The fourth-order valence-electron chi connectivity index (χ4n) is 8.42. The number of nitrogens with one attached hydrogen (secondary N) is 5. The Kier molecular flexibility index (Phi) is 28.6. The number of para-hydroxylation sites is 1. The Balaban J connectivity index is 1.03. The monoisotopic (exact) mass is 1100 g/mol. The number of nitrogens with two attached hydrogens (primary N) is 2. The Bertz CT molecular complexity index is 2470. The number of carbonyl (C=O) groups is 8. The number of hydrogen-bond donors (Lipinski definition) is 7. The molecule has 1 heterocycles. The quantitative estimate of drug-likeness (QED) is 0.0396. The average Bonchev–Trinajstić information content (AvgIpc) is 3.44. The molecule has 1 aliphatic rings. The van der Waals surface area contributed by atoms with E-state index in [1.54, 1.807) is 52.0 Å². The van der Waals surface area contributed by atoms with Crippen LogP contribution in [0.3, 0.4) is 0 Å². The summed E-state index contributed by atoms with van der Waals surface area (Å²) in [6, 6.07) is 18.8. The molecule has 0 bridgehead atoms. The summed E-state index contributed by atoms with van der Waals surface area (Å²) in [5.41, 5.74) is 15.7. The first-order valence-electron chi connectivity index (χ1n) is 26.9. The van der Waals surface area contributed by atoms with Gasteiger partial charge in [-0.3, -0.25) is 33.7 Å². The normalized spacial score (nSPS) is 12.9. The van der Waals surface area contributed by atoms with Crippen molar-refractivity contribution in [1.29, 1.82) is 0 Å². The highest BCUT2D eigenvalue weighted by atomic mass is 16.6. The van der Waals surface area contributed by atoms with Gasteiger partial charge in [0.15, 0.2) is 0 Å². The maximum atomic E-state index is 13.6. The third-order valence-corrected chi connectivity index (χ3v) is 12.6. The minimum absolute atomic E-state index is 0.0245. The van der Waals surface area contributed by atoms with E-state index in [0.29, 0.717) is 89.5 Å². The maximum Gasteiger partial charge on any atom is 0.410 e. The lowest BCUT2D eigenvalue weighted by atomic mass is 10.0. The molecule has 0 aliphatic carbocycles. The molecule has 9 N–H and O–H groups in total. The molecule has 3 atom stereocenters. The van der Waals surface area contributed by atoms with Gasteiger partial charge >= 0.3 is 12.1 Å². The second kappa shape index (κ2) is 35.2. The number of amides is 9. The van der Waals surface area contributed by atoms with Crippen molar-refractivity contribution in [3.63, 3.8) is 0 Å². The summed E-state index contributed by atoms with van der Waals surface area (Å²) in [6.45, 7) is 10.2. The number of fused-ring (bicyclic) bond motifs is 2. The Labute approximate surface area is 463 Å². The van der Waals surface area contributed by atoms with Crippen molar-refractivity contribution in [2.75, 3.05) is 83.2 Å². The maximum absolute atomic E-state index is 13.6. The molecule has 0 saturated heterocycles. The van der Waals surface area contributed by atoms with Gasteiger partial charge < -0.3 is 66.6 Å². The van der Waals surface area contributed by atoms with Gasteiger partial charge in [-0.05, 0) is 78.0 Å². The molecular weight excluding hydrogens is 1020 g/mol. The Morgan fingerprint density at radius 2 is 1.23 bits per heavy atom. The molecule has 22 nitrogen and oxygen atoms in total. The molecule has 4 rings (SSSR count). The highest BCUT2D eigenvalue weighted by molar-refractivity contribution is 5.99. The first-order valence-corrected chi connectivity index (χ1v) is 26.9. The van der Waals surface area contributed by atoms with Crippen LogP contribution in [0, 0.1) is 11.8 Å². The van der Waals surface area contributed by atoms with Crippen molar-refractivity contribution in [3.8, 4) is 0 Å². The summed E-state index contributed by atoms with van der Waals surface area (Å²) in [6.07, 6.45) is 5.63. The van der Waals surface area contributed by atoms with Gasteiger partial charge in [0, 0.05) is 45.1 Å². The number of ether oxygens (including phenoxy) is 5. The first-order chi connectivity index (χ1) is 37.9. The van der Waals surface area contributed by atoms with Crippen LogP contribution in [0.1, 0.15) is 94.9 Å². The van der Waals surface area contributed by atoms with E-state index in [2.05, 4.69) is 38.7 Å². The van der Waals surface area contributed by atoms with Crippen LogP contribution >= 0.6 is 0 Å². The minimum Gasteiger partial charge on any atom is -0.445 e. The van der Waals surface area contributed by atoms with E-state index in [9.17, 15) is 38.4 Å². The third-order valence-electron chi connectivity index (χ3n) is 12.6. The number of unbranched alkanes of at least 4 members (excludes halogenated alkanes) is 1. The molecular formula is C57H81N9O13. The third kappa shape index (κ3) is 23.6. The summed E-state index contributed by atoms with van der Waals surface area (Å²) in [7, 11) is 1.43. The topological polar surface area (TPSA) is 301 Å². The lowest BCUT2D eigenvalue weighted by Crippen LogP contribution is -2.54. The Morgan fingerprint density at radius 3 is 1.87 bits per heavy atom. The van der Waals surface area contributed by atoms with Crippen LogP contribution in [0.4, 0.5) is 21.0 Å². The fraction of sp³-hybridized carbons (Fsp3) is 0.509. The lowest BCUT2D eigenvalue weighted by molar-refractivity contribution is -0.132. The smallest absolute Gasteiger partial charge is 0.410 e. The SMILES string of the molecule is CC(C)[C@H](NC(=O)CCOCCOCCOCCOCCNC(=O)CCCCC(=O)N1Cc2ccccc2C=Cc2ccccc21)C(=O)NC(CCCNC(N)=O)C(=O)Nc1ccc(COC(=O)N(C)[C@H](C(N)=O)C(C)C)cc1. The van der Waals surface area contributed by atoms with Crippen molar-refractivity contribution in [1.82, 2.24) is 26.2 Å². The summed E-state index contributed by atoms with van der Waals surface area (Å²) in [4.78, 5) is 105. The van der Waals surface area contributed by atoms with Crippen LogP contribution in [0.2, 0.25) is 0 Å². The number of benzene rings is 3. The van der Waals surface area contributed by atoms with Crippen LogP contribution in [0.15, 0.2) is 72.8 Å². The van der Waals surface area contributed by atoms with E-state index in [1.807, 2.05) is 53.4 Å². The summed E-state index contributed by atoms with van der Waals surface area (Å²) in [5.74, 6) is -2.85. The van der Waals surface area contributed by atoms with E-state index in [-0.39, 0.29) is 69.5 Å². The summed E-state index contributed by atoms with van der Waals surface area (Å²) < 4.78 is 27.6. The van der Waals surface area contributed by atoms with Crippen molar-refractivity contribution in [2.24, 2.45) is 23.3 Å². The van der Waals surface area contributed by atoms with Gasteiger partial charge in [0.1, 0.15) is 24.7 Å². The minimum atomic E-state index is -1.06. The predicted molar refractivity (Wildman–Crippen MR) is 299 cm³/mol. The number of hydrogen-bond acceptors (Lipinski definition) is 13. The molecule has 432 valence electrons. The molecule has 1 unspecified atom stereocenters.